The van der Waals surface area contributed by atoms with E-state index in [2.05, 4.69) is 37.1 Å². The van der Waals surface area contributed by atoms with Gasteiger partial charge in [-0.1, -0.05) is 109 Å². The molecule has 0 amide bonds. The van der Waals surface area contributed by atoms with Crippen LogP contribution in [0, 0.1) is 0 Å². The number of benzene rings is 6. The van der Waals surface area contributed by atoms with Crippen LogP contribution in [-0.2, 0) is 9.59 Å². The number of fused-ring (bicyclic) bond motifs is 2. The molecule has 7 rings (SSSR count). The third-order valence-corrected chi connectivity index (χ3v) is 9.85. The molecule has 0 unspecified atom stereocenters. The van der Waals surface area contributed by atoms with Gasteiger partial charge < -0.3 is 15.2 Å². The molecule has 0 saturated heterocycles. The lowest BCUT2D eigenvalue weighted by Crippen LogP contribution is -2.37. The Morgan fingerprint density at radius 1 is 0.516 bits per heavy atom. The number of alkyl halides is 6. The smallest absolute Gasteiger partial charge is 0.652 e. The topological polar surface area (TPSA) is 155 Å². The van der Waals surface area contributed by atoms with Gasteiger partial charge in [0.15, 0.2) is 11.6 Å². The molecule has 2 radical (unpaired) electrons. The fraction of sp³-hybridized carbons (Fsp3) is 0.0909. The first-order chi connectivity index (χ1) is 30.6. The highest BCUT2D eigenvalue weighted by Crippen LogP contribution is 2.37. The zero-order valence-electron chi connectivity index (χ0n) is 32.9. The summed E-state index contributed by atoms with van der Waals surface area (Å²) >= 11 is -0.607. The van der Waals surface area contributed by atoms with Crippen molar-refractivity contribution < 1.29 is 60.7 Å². The van der Waals surface area contributed by atoms with Gasteiger partial charge in [-0.2, -0.15) is 26.3 Å². The van der Waals surface area contributed by atoms with Crippen LogP contribution >= 0.6 is 0 Å². The van der Waals surface area contributed by atoms with Gasteiger partial charge in [0, 0.05) is 11.1 Å². The lowest BCUT2D eigenvalue weighted by atomic mass is 10.1. The normalized spacial score (nSPS) is 11.8. The number of Topliss-reactive ketones (excluding diaryl/α,β-unsaturated/α-hetero) is 4. The maximum absolute atomic E-state index is 11.8. The predicted molar refractivity (Wildman–Crippen MR) is 221 cm³/mol. The Hall–Kier alpha value is -6.96. The Balaban J connectivity index is 0.000000213. The highest BCUT2D eigenvalue weighted by Gasteiger charge is 2.46. The minimum atomic E-state index is -4.94. The number of rotatable bonds is 11. The van der Waals surface area contributed by atoms with E-state index in [1.54, 1.807) is 30.3 Å². The van der Waals surface area contributed by atoms with Crippen molar-refractivity contribution in [2.45, 2.75) is 25.2 Å². The van der Waals surface area contributed by atoms with E-state index in [0.29, 0.717) is 45.7 Å². The summed E-state index contributed by atoms with van der Waals surface area (Å²) in [7, 11) is 0. The zero-order valence-corrected chi connectivity index (χ0v) is 35.2. The average Bonchev–Trinajstić information content (AvgIpc) is 3.36. The van der Waals surface area contributed by atoms with Crippen LogP contribution < -0.4 is 15.2 Å². The second-order valence-electron chi connectivity index (χ2n) is 12.8. The Bertz CT molecular complexity index is 2490. The van der Waals surface area contributed by atoms with Crippen LogP contribution in [0.25, 0.3) is 0 Å². The molecule has 64 heavy (non-hydrogen) atoms. The van der Waals surface area contributed by atoms with E-state index in [1.807, 2.05) is 78.9 Å². The standard InChI is InChI=1S/2C12H10N2O2.2C10H7F3O2.2Al/c2*15-11-7-3-1-5-9(11)13-14-10-6-2-4-8-12(10)16;2*11-10(12,13)9(15)6-8(14)7-4-2-1-3-5-7;;/h2*1-8,15-16H;2*1-5H,6H2;;/q;;;;+1;+3/p-4. The second-order valence-corrected chi connectivity index (χ2v) is 14.3. The Morgan fingerprint density at radius 2 is 0.875 bits per heavy atom. The van der Waals surface area contributed by atoms with E-state index < -0.39 is 63.5 Å². The van der Waals surface area contributed by atoms with Crippen molar-refractivity contribution in [3.05, 3.63) is 169 Å². The van der Waals surface area contributed by atoms with Crippen molar-refractivity contribution >= 4 is 77.7 Å². The first-order valence-electron chi connectivity index (χ1n) is 18.5. The number of nitrogens with zero attached hydrogens (tertiary/aromatic N) is 4. The summed E-state index contributed by atoms with van der Waals surface area (Å²) < 4.78 is 94.8. The average molecular weight is 911 g/mol. The number of hydrogen-bond donors (Lipinski definition) is 0. The van der Waals surface area contributed by atoms with Crippen molar-refractivity contribution in [1.82, 2.24) is 0 Å². The molecule has 322 valence electrons. The number of para-hydroxylation sites is 4. The number of halogens is 6. The van der Waals surface area contributed by atoms with Gasteiger partial charge in [0.1, 0.15) is 45.7 Å². The van der Waals surface area contributed by atoms with Crippen molar-refractivity contribution in [2.75, 3.05) is 0 Å². The van der Waals surface area contributed by atoms with E-state index in [4.69, 9.17) is 15.2 Å². The minimum Gasteiger partial charge on any atom is -0.652 e. The molecule has 0 bridgehead atoms. The predicted octanol–water partition coefficient (Wildman–Crippen LogP) is 11.6. The van der Waals surface area contributed by atoms with E-state index >= 15 is 0 Å². The molecule has 1 heterocycles. The maximum atomic E-state index is 11.8. The quantitative estimate of drug-likeness (QED) is 0.0409. The van der Waals surface area contributed by atoms with E-state index in [9.17, 15) is 45.5 Å². The maximum Gasteiger partial charge on any atom is 1.20 e. The van der Waals surface area contributed by atoms with Gasteiger partial charge in [-0.3, -0.25) is 19.2 Å². The van der Waals surface area contributed by atoms with Crippen molar-refractivity contribution in [1.29, 1.82) is 0 Å². The Labute approximate surface area is 374 Å². The largest absolute Gasteiger partial charge is 1.20 e. The minimum absolute atomic E-state index is 0.107. The third-order valence-electron chi connectivity index (χ3n) is 8.25. The molecule has 0 aliphatic carbocycles. The Kier molecular flexibility index (Phi) is 17.2. The molecule has 20 heteroatoms. The number of carbonyl (C=O) groups is 4. The molecule has 0 saturated carbocycles. The number of ketones is 4. The van der Waals surface area contributed by atoms with E-state index in [0.717, 1.165) is 0 Å². The Morgan fingerprint density at radius 3 is 1.30 bits per heavy atom. The van der Waals surface area contributed by atoms with Crippen molar-refractivity contribution in [3.63, 3.8) is 0 Å². The molecule has 0 spiro atoms. The molecule has 0 N–H and O–H groups in total. The molecule has 0 fully saturated rings. The van der Waals surface area contributed by atoms with E-state index in [-0.39, 0.29) is 11.1 Å². The number of azo groups is 2. The molecular formula is C44H30Al2F6N4O8. The highest BCUT2D eigenvalue weighted by molar-refractivity contribution is 6.40. The zero-order chi connectivity index (χ0) is 46.1. The van der Waals surface area contributed by atoms with Gasteiger partial charge >= 0.3 is 44.1 Å². The van der Waals surface area contributed by atoms with Crippen LogP contribution in [-0.4, -0.2) is 67.3 Å². The molecule has 0 aromatic heterocycles. The highest BCUT2D eigenvalue weighted by atomic mass is 27.3. The first kappa shape index (κ1) is 48.1. The lowest BCUT2D eigenvalue weighted by molar-refractivity contribution is -0.170. The van der Waals surface area contributed by atoms with Crippen molar-refractivity contribution in [2.24, 2.45) is 20.5 Å². The fourth-order valence-electron chi connectivity index (χ4n) is 5.10. The summed E-state index contributed by atoms with van der Waals surface area (Å²) in [4.78, 5) is 43.4. The van der Waals surface area contributed by atoms with Crippen LogP contribution in [0.15, 0.2) is 178 Å². The lowest BCUT2D eigenvalue weighted by Gasteiger charge is -2.17. The molecule has 6 aromatic carbocycles. The molecular weight excluding hydrogens is 880 g/mol. The third kappa shape index (κ3) is 14.6. The summed E-state index contributed by atoms with van der Waals surface area (Å²) in [6.07, 6.45) is -12.1. The molecule has 6 aromatic rings. The monoisotopic (exact) mass is 910 g/mol. The van der Waals surface area contributed by atoms with Crippen LogP contribution in [0.4, 0.5) is 49.1 Å². The summed E-state index contributed by atoms with van der Waals surface area (Å²) in [5.74, 6) is -3.55. The van der Waals surface area contributed by atoms with Crippen LogP contribution in [0.2, 0.25) is 0 Å². The summed E-state index contributed by atoms with van der Waals surface area (Å²) in [5.41, 5.74) is 2.50. The van der Waals surface area contributed by atoms with Gasteiger partial charge in [-0.15, -0.1) is 20.5 Å². The van der Waals surface area contributed by atoms with Crippen LogP contribution in [0.5, 0.6) is 23.0 Å². The number of carbonyl (C=O) groups excluding carboxylic acids is 4. The second kappa shape index (κ2) is 22.9. The van der Waals surface area contributed by atoms with Gasteiger partial charge in [0.05, 0.1) is 12.8 Å². The molecule has 1 aliphatic heterocycles. The first-order valence-corrected chi connectivity index (χ1v) is 20.4. The van der Waals surface area contributed by atoms with Crippen LogP contribution in [0.3, 0.4) is 0 Å². The molecule has 1 aliphatic rings. The van der Waals surface area contributed by atoms with E-state index in [1.165, 1.54) is 48.5 Å². The fourth-order valence-corrected chi connectivity index (χ4v) is 6.66. The summed E-state index contributed by atoms with van der Waals surface area (Å²) in [6.45, 7) is 0. The van der Waals surface area contributed by atoms with Gasteiger partial charge in [0.25, 0.3) is 0 Å². The van der Waals surface area contributed by atoms with Crippen molar-refractivity contribution in [3.8, 4) is 23.0 Å². The van der Waals surface area contributed by atoms with Gasteiger partial charge in [-0.25, -0.2) is 0 Å². The van der Waals surface area contributed by atoms with Gasteiger partial charge in [-0.05, 0) is 48.5 Å². The van der Waals surface area contributed by atoms with Gasteiger partial charge in [0.2, 0.25) is 11.6 Å². The summed E-state index contributed by atoms with van der Waals surface area (Å²) in [6, 6.07) is 44.2. The SMILES string of the molecule is O=C(CC(=O)C(F)(F)F)c1ccccc1.O=C(CC(=O)C(F)(F)F)c1ccccc1.[Al][O]c1ccccc1N=Nc1ccccc1[O][Al]1[O]c2ccccc2N=Nc2ccccc2[O]1. The van der Waals surface area contributed by atoms with Crippen LogP contribution in [0.1, 0.15) is 33.6 Å². The summed E-state index contributed by atoms with van der Waals surface area (Å²) in [5, 5.41) is 17.4. The number of hydrogen-bond acceptors (Lipinski definition) is 12. The molecule has 0 atom stereocenters. The molecule has 12 nitrogen and oxygen atoms in total.